The Morgan fingerprint density at radius 1 is 1.37 bits per heavy atom. The summed E-state index contributed by atoms with van der Waals surface area (Å²) in [5.41, 5.74) is 0.870. The molecule has 2 fully saturated rings. The second-order valence-electron chi connectivity index (χ2n) is 7.11. The Morgan fingerprint density at radius 2 is 2.11 bits per heavy atom. The maximum Gasteiger partial charge on any atom is 0.294 e. The maximum absolute atomic E-state index is 11.7. The first-order valence-electron chi connectivity index (χ1n) is 8.62. The number of methoxy groups -OCH3 is 1. The Bertz CT molecular complexity index is 909. The monoisotopic (exact) mass is 393 g/mol. The lowest BCUT2D eigenvalue weighted by molar-refractivity contribution is -0.384. The molecule has 9 nitrogen and oxygen atoms in total. The van der Waals surface area contributed by atoms with E-state index in [4.69, 9.17) is 16.3 Å². The van der Waals surface area contributed by atoms with E-state index in [1.54, 1.807) is 6.07 Å². The number of likely N-dealkylation sites (N-methyl/N-ethyl adjacent to an activating group) is 1. The van der Waals surface area contributed by atoms with Gasteiger partial charge in [-0.2, -0.15) is 5.10 Å². The number of aromatic hydroxyl groups is 1. The molecular formula is C17H20ClN5O4. The molecule has 2 aliphatic heterocycles. The molecule has 2 saturated heterocycles. The predicted octanol–water partition coefficient (Wildman–Crippen LogP) is 2.43. The highest BCUT2D eigenvalue weighted by Gasteiger charge is 2.49. The number of aromatic nitrogens is 2. The summed E-state index contributed by atoms with van der Waals surface area (Å²) in [6.07, 6.45) is 3.43. The van der Waals surface area contributed by atoms with Gasteiger partial charge in [-0.05, 0) is 26.4 Å². The molecule has 10 heteroatoms. The van der Waals surface area contributed by atoms with E-state index in [0.717, 1.165) is 32.5 Å². The molecule has 0 atom stereocenters. The quantitative estimate of drug-likeness (QED) is 0.629. The van der Waals surface area contributed by atoms with Crippen LogP contribution in [-0.2, 0) is 0 Å². The van der Waals surface area contributed by atoms with Crippen molar-refractivity contribution in [3.8, 4) is 17.2 Å². The van der Waals surface area contributed by atoms with E-state index in [2.05, 4.69) is 17.0 Å². The summed E-state index contributed by atoms with van der Waals surface area (Å²) in [6.45, 7) is 2.55. The summed E-state index contributed by atoms with van der Waals surface area (Å²) < 4.78 is 6.65. The Labute approximate surface area is 160 Å². The van der Waals surface area contributed by atoms with Gasteiger partial charge in [0.25, 0.3) is 5.69 Å². The number of hydrogen-bond donors (Lipinski definition) is 1. The largest absolute Gasteiger partial charge is 0.504 e. The molecule has 0 amide bonds. The van der Waals surface area contributed by atoms with Crippen molar-refractivity contribution in [3.63, 3.8) is 0 Å². The van der Waals surface area contributed by atoms with E-state index in [1.165, 1.54) is 24.1 Å². The summed E-state index contributed by atoms with van der Waals surface area (Å²) in [5, 5.41) is 25.4. The van der Waals surface area contributed by atoms with Crippen LogP contribution in [0.15, 0.2) is 18.3 Å². The minimum absolute atomic E-state index is 0.0363. The van der Waals surface area contributed by atoms with E-state index < -0.39 is 4.92 Å². The maximum atomic E-state index is 11.7. The predicted molar refractivity (Wildman–Crippen MR) is 100 cm³/mol. The van der Waals surface area contributed by atoms with Crippen LogP contribution in [0.1, 0.15) is 12.8 Å². The molecule has 0 bridgehead atoms. The van der Waals surface area contributed by atoms with Gasteiger partial charge in [-0.15, -0.1) is 0 Å². The second kappa shape index (κ2) is 6.28. The third-order valence-corrected chi connectivity index (χ3v) is 6.00. The van der Waals surface area contributed by atoms with Gasteiger partial charge in [-0.25, -0.2) is 4.68 Å². The molecule has 144 valence electrons. The van der Waals surface area contributed by atoms with E-state index in [9.17, 15) is 15.2 Å². The van der Waals surface area contributed by atoms with E-state index in [1.807, 2.05) is 4.90 Å². The number of benzene rings is 1. The number of halogens is 1. The molecular weight excluding hydrogens is 374 g/mol. The van der Waals surface area contributed by atoms with Gasteiger partial charge in [0.1, 0.15) is 17.1 Å². The van der Waals surface area contributed by atoms with Crippen LogP contribution < -0.4 is 9.64 Å². The van der Waals surface area contributed by atoms with E-state index in [0.29, 0.717) is 17.1 Å². The fraction of sp³-hybridized carbons (Fsp3) is 0.471. The summed E-state index contributed by atoms with van der Waals surface area (Å²) in [4.78, 5) is 15.7. The van der Waals surface area contributed by atoms with Crippen LogP contribution >= 0.6 is 11.6 Å². The van der Waals surface area contributed by atoms with Gasteiger partial charge in [0.05, 0.1) is 23.8 Å². The SMILES string of the molecule is COc1cc(N2CC3(CCCN3C)C2)c([N+](=O)[O-])cc1-n1ncc(O)c1Cl. The minimum Gasteiger partial charge on any atom is -0.504 e. The molecule has 27 heavy (non-hydrogen) atoms. The zero-order valence-corrected chi connectivity index (χ0v) is 15.8. The molecule has 3 heterocycles. The first kappa shape index (κ1) is 17.9. The Balaban J connectivity index is 1.75. The van der Waals surface area contributed by atoms with Crippen molar-refractivity contribution in [2.24, 2.45) is 0 Å². The van der Waals surface area contributed by atoms with Gasteiger partial charge in [-0.3, -0.25) is 15.0 Å². The smallest absolute Gasteiger partial charge is 0.294 e. The van der Waals surface area contributed by atoms with Crippen molar-refractivity contribution < 1.29 is 14.8 Å². The lowest BCUT2D eigenvalue weighted by atomic mass is 9.86. The molecule has 4 rings (SSSR count). The standard InChI is InChI=1S/C17H20ClN5O4/c1-20-5-3-4-17(20)9-21(10-17)11-7-15(27-2)13(6-12(11)23(25)26)22-16(18)14(24)8-19-22/h6-8,24H,3-5,9-10H2,1-2H3. The van der Waals surface area contributed by atoms with Crippen molar-refractivity contribution >= 4 is 23.0 Å². The van der Waals surface area contributed by atoms with Crippen LogP contribution in [-0.4, -0.2) is 64.0 Å². The van der Waals surface area contributed by atoms with Gasteiger partial charge in [-0.1, -0.05) is 11.6 Å². The summed E-state index contributed by atoms with van der Waals surface area (Å²) in [6, 6.07) is 3.03. The van der Waals surface area contributed by atoms with E-state index in [-0.39, 0.29) is 22.1 Å². The Kier molecular flexibility index (Phi) is 4.15. The molecule has 0 radical (unpaired) electrons. The lowest BCUT2D eigenvalue weighted by Gasteiger charge is -2.52. The number of ether oxygens (including phenoxy) is 1. The second-order valence-corrected chi connectivity index (χ2v) is 7.47. The normalized spacial score (nSPS) is 18.7. The number of nitrogens with zero attached hydrogens (tertiary/aromatic N) is 5. The summed E-state index contributed by atoms with van der Waals surface area (Å²) in [5.74, 6) is 0.181. The fourth-order valence-corrected chi connectivity index (χ4v) is 4.26. The third kappa shape index (κ3) is 2.69. The van der Waals surface area contributed by atoms with Crippen LogP contribution in [0.5, 0.6) is 11.5 Å². The topological polar surface area (TPSA) is 96.9 Å². The number of nitro groups is 1. The molecule has 0 aliphatic carbocycles. The fourth-order valence-electron chi connectivity index (χ4n) is 4.08. The van der Waals surface area contributed by atoms with E-state index >= 15 is 0 Å². The molecule has 1 aromatic heterocycles. The van der Waals surface area contributed by atoms with Crippen molar-refractivity contribution in [1.29, 1.82) is 0 Å². The van der Waals surface area contributed by atoms with Crippen LogP contribution in [0.3, 0.4) is 0 Å². The number of anilines is 1. The molecule has 0 saturated carbocycles. The zero-order valence-electron chi connectivity index (χ0n) is 15.1. The Hall–Kier alpha value is -2.52. The average molecular weight is 394 g/mol. The van der Waals surface area contributed by atoms with Gasteiger partial charge >= 0.3 is 0 Å². The molecule has 2 aromatic rings. The molecule has 2 aliphatic rings. The molecule has 0 unspecified atom stereocenters. The third-order valence-electron chi connectivity index (χ3n) is 5.65. The van der Waals surface area contributed by atoms with Crippen molar-refractivity contribution in [1.82, 2.24) is 14.7 Å². The van der Waals surface area contributed by atoms with Crippen LogP contribution in [0.4, 0.5) is 11.4 Å². The highest BCUT2D eigenvalue weighted by atomic mass is 35.5. The van der Waals surface area contributed by atoms with Crippen molar-refractivity contribution in [3.05, 3.63) is 33.6 Å². The number of likely N-dealkylation sites (tertiary alicyclic amines) is 1. The molecule has 1 spiro atoms. The van der Waals surface area contributed by atoms with Crippen LogP contribution in [0, 0.1) is 10.1 Å². The highest BCUT2D eigenvalue weighted by molar-refractivity contribution is 6.31. The number of hydrogen-bond acceptors (Lipinski definition) is 7. The zero-order chi connectivity index (χ0) is 19.3. The molecule has 1 aromatic carbocycles. The average Bonchev–Trinajstić information content (AvgIpc) is 3.15. The summed E-state index contributed by atoms with van der Waals surface area (Å²) >= 11 is 6.05. The number of rotatable bonds is 4. The number of nitro benzene ring substituents is 1. The summed E-state index contributed by atoms with van der Waals surface area (Å²) in [7, 11) is 3.59. The minimum atomic E-state index is -0.418. The van der Waals surface area contributed by atoms with Crippen LogP contribution in [0.25, 0.3) is 5.69 Å². The first-order valence-corrected chi connectivity index (χ1v) is 8.99. The molecule has 1 N–H and O–H groups in total. The van der Waals surface area contributed by atoms with Gasteiger partial charge in [0, 0.05) is 25.2 Å². The Morgan fingerprint density at radius 3 is 2.63 bits per heavy atom. The highest BCUT2D eigenvalue weighted by Crippen LogP contribution is 2.45. The van der Waals surface area contributed by atoms with Gasteiger partial charge < -0.3 is 14.7 Å². The van der Waals surface area contributed by atoms with Gasteiger partial charge in [0.2, 0.25) is 0 Å². The van der Waals surface area contributed by atoms with Gasteiger partial charge in [0.15, 0.2) is 10.9 Å². The lowest BCUT2D eigenvalue weighted by Crippen LogP contribution is -2.67. The van der Waals surface area contributed by atoms with Crippen molar-refractivity contribution in [2.45, 2.75) is 18.4 Å². The first-order chi connectivity index (χ1) is 12.9. The van der Waals surface area contributed by atoms with Crippen LogP contribution in [0.2, 0.25) is 5.15 Å². The van der Waals surface area contributed by atoms with Crippen molar-refractivity contribution in [2.75, 3.05) is 38.7 Å².